The van der Waals surface area contributed by atoms with Crippen molar-refractivity contribution >= 4 is 5.91 Å². The van der Waals surface area contributed by atoms with E-state index in [1.807, 2.05) is 19.9 Å². The predicted octanol–water partition coefficient (Wildman–Crippen LogP) is 2.03. The van der Waals surface area contributed by atoms with Crippen LogP contribution in [0.2, 0.25) is 0 Å². The lowest BCUT2D eigenvalue weighted by molar-refractivity contribution is 0.0950. The molecule has 1 amide bonds. The van der Waals surface area contributed by atoms with E-state index in [0.29, 0.717) is 17.9 Å². The van der Waals surface area contributed by atoms with E-state index in [2.05, 4.69) is 15.3 Å². The minimum Gasteiger partial charge on any atom is -0.495 e. The van der Waals surface area contributed by atoms with E-state index >= 15 is 0 Å². The van der Waals surface area contributed by atoms with E-state index < -0.39 is 0 Å². The lowest BCUT2D eigenvalue weighted by Gasteiger charge is -2.09. The number of hydrogen-bond acceptors (Lipinski definition) is 4. The summed E-state index contributed by atoms with van der Waals surface area (Å²) in [5.41, 5.74) is 3.16. The number of rotatable bonds is 4. The second-order valence-electron chi connectivity index (χ2n) is 4.51. The first kappa shape index (κ1) is 14.0. The third-order valence-corrected chi connectivity index (χ3v) is 2.87. The second-order valence-corrected chi connectivity index (χ2v) is 4.51. The molecule has 5 nitrogen and oxygen atoms in total. The molecule has 0 saturated carbocycles. The van der Waals surface area contributed by atoms with E-state index in [1.165, 1.54) is 0 Å². The molecule has 0 aliphatic rings. The molecule has 0 aromatic carbocycles. The number of nitrogens with one attached hydrogen (secondary N) is 1. The van der Waals surface area contributed by atoms with Gasteiger partial charge in [-0.1, -0.05) is 0 Å². The Morgan fingerprint density at radius 3 is 2.65 bits per heavy atom. The van der Waals surface area contributed by atoms with Crippen LogP contribution in [0.3, 0.4) is 0 Å². The maximum Gasteiger partial charge on any atom is 0.251 e. The molecule has 5 heteroatoms. The molecular formula is C15H17N3O2. The molecule has 2 aromatic rings. The standard InChI is InChI=1S/C15H17N3O2/c1-10-6-13(7-11(2)18-10)15(19)17-8-12-4-5-16-9-14(12)20-3/h4-7,9H,8H2,1-3H3,(H,17,19). The smallest absolute Gasteiger partial charge is 0.251 e. The molecule has 1 N–H and O–H groups in total. The predicted molar refractivity (Wildman–Crippen MR) is 75.7 cm³/mol. The fraction of sp³-hybridized carbons (Fsp3) is 0.267. The van der Waals surface area contributed by atoms with Crippen molar-refractivity contribution in [3.8, 4) is 5.75 Å². The van der Waals surface area contributed by atoms with Crippen molar-refractivity contribution < 1.29 is 9.53 Å². The van der Waals surface area contributed by atoms with Crippen LogP contribution < -0.4 is 10.1 Å². The van der Waals surface area contributed by atoms with Gasteiger partial charge in [0.25, 0.3) is 5.91 Å². The summed E-state index contributed by atoms with van der Waals surface area (Å²) in [6.45, 7) is 4.14. The van der Waals surface area contributed by atoms with E-state index in [4.69, 9.17) is 4.74 Å². The van der Waals surface area contributed by atoms with Gasteiger partial charge in [0.05, 0.1) is 13.3 Å². The third-order valence-electron chi connectivity index (χ3n) is 2.87. The SMILES string of the molecule is COc1cnccc1CNC(=O)c1cc(C)nc(C)c1. The number of hydrogen-bond donors (Lipinski definition) is 1. The molecule has 0 aliphatic heterocycles. The van der Waals surface area contributed by atoms with Crippen molar-refractivity contribution in [2.75, 3.05) is 7.11 Å². The van der Waals surface area contributed by atoms with Crippen molar-refractivity contribution in [2.45, 2.75) is 20.4 Å². The highest BCUT2D eigenvalue weighted by Gasteiger charge is 2.09. The first-order chi connectivity index (χ1) is 9.60. The van der Waals surface area contributed by atoms with Crippen molar-refractivity contribution in [1.82, 2.24) is 15.3 Å². The molecule has 0 fully saturated rings. The Morgan fingerprint density at radius 1 is 1.30 bits per heavy atom. The highest BCUT2D eigenvalue weighted by atomic mass is 16.5. The Hall–Kier alpha value is -2.43. The quantitative estimate of drug-likeness (QED) is 0.924. The summed E-state index contributed by atoms with van der Waals surface area (Å²) < 4.78 is 5.20. The van der Waals surface area contributed by atoms with Crippen LogP contribution in [0.1, 0.15) is 27.3 Å². The topological polar surface area (TPSA) is 64.1 Å². The first-order valence-electron chi connectivity index (χ1n) is 6.30. The number of ether oxygens (including phenoxy) is 1. The molecular weight excluding hydrogens is 254 g/mol. The number of carbonyl (C=O) groups is 1. The Kier molecular flexibility index (Phi) is 4.30. The molecule has 2 heterocycles. The summed E-state index contributed by atoms with van der Waals surface area (Å²) in [6, 6.07) is 5.36. The number of pyridine rings is 2. The molecule has 104 valence electrons. The maximum atomic E-state index is 12.1. The van der Waals surface area contributed by atoms with Crippen LogP contribution in [0.15, 0.2) is 30.6 Å². The Balaban J connectivity index is 2.08. The largest absolute Gasteiger partial charge is 0.495 e. The van der Waals surface area contributed by atoms with Crippen LogP contribution >= 0.6 is 0 Å². The van der Waals surface area contributed by atoms with Crippen LogP contribution in [0.5, 0.6) is 5.75 Å². The number of aryl methyl sites for hydroxylation is 2. The van der Waals surface area contributed by atoms with Gasteiger partial charge in [0.1, 0.15) is 5.75 Å². The zero-order valence-electron chi connectivity index (χ0n) is 11.8. The van der Waals surface area contributed by atoms with Crippen LogP contribution in [-0.4, -0.2) is 23.0 Å². The van der Waals surface area contributed by atoms with E-state index in [9.17, 15) is 4.79 Å². The molecule has 0 spiro atoms. The number of carbonyl (C=O) groups excluding carboxylic acids is 1. The molecule has 0 unspecified atom stereocenters. The molecule has 0 bridgehead atoms. The van der Waals surface area contributed by atoms with Gasteiger partial charge in [-0.2, -0.15) is 0 Å². The van der Waals surface area contributed by atoms with Crippen LogP contribution in [-0.2, 0) is 6.54 Å². The lowest BCUT2D eigenvalue weighted by Crippen LogP contribution is -2.23. The van der Waals surface area contributed by atoms with Gasteiger partial charge in [-0.15, -0.1) is 0 Å². The van der Waals surface area contributed by atoms with Gasteiger partial charge in [-0.05, 0) is 32.0 Å². The fourth-order valence-electron chi connectivity index (χ4n) is 1.98. The fourth-order valence-corrected chi connectivity index (χ4v) is 1.98. The van der Waals surface area contributed by atoms with Crippen LogP contribution in [0.4, 0.5) is 0 Å². The summed E-state index contributed by atoms with van der Waals surface area (Å²) in [6.07, 6.45) is 3.30. The number of amides is 1. The van der Waals surface area contributed by atoms with Crippen molar-refractivity contribution in [1.29, 1.82) is 0 Å². The molecule has 0 atom stereocenters. The van der Waals surface area contributed by atoms with Crippen molar-refractivity contribution in [3.63, 3.8) is 0 Å². The molecule has 2 aromatic heterocycles. The number of aromatic nitrogens is 2. The highest BCUT2D eigenvalue weighted by molar-refractivity contribution is 5.94. The number of nitrogens with zero attached hydrogens (tertiary/aromatic N) is 2. The second kappa shape index (κ2) is 6.14. The van der Waals surface area contributed by atoms with Gasteiger partial charge in [-0.25, -0.2) is 0 Å². The van der Waals surface area contributed by atoms with Gasteiger partial charge < -0.3 is 10.1 Å². The van der Waals surface area contributed by atoms with Gasteiger partial charge in [0.15, 0.2) is 0 Å². The molecule has 2 rings (SSSR count). The monoisotopic (exact) mass is 271 g/mol. The minimum absolute atomic E-state index is 0.127. The van der Waals surface area contributed by atoms with Crippen LogP contribution in [0, 0.1) is 13.8 Å². The van der Waals surface area contributed by atoms with Gasteiger partial charge >= 0.3 is 0 Å². The molecule has 0 saturated heterocycles. The lowest BCUT2D eigenvalue weighted by atomic mass is 10.2. The normalized spacial score (nSPS) is 10.2. The molecule has 0 aliphatic carbocycles. The van der Waals surface area contributed by atoms with Gasteiger partial charge in [0, 0.05) is 35.3 Å². The summed E-state index contributed by atoms with van der Waals surface area (Å²) >= 11 is 0. The van der Waals surface area contributed by atoms with Gasteiger partial charge in [0.2, 0.25) is 0 Å². The Bertz CT molecular complexity index is 606. The highest BCUT2D eigenvalue weighted by Crippen LogP contribution is 2.15. The summed E-state index contributed by atoms with van der Waals surface area (Å²) in [5, 5.41) is 2.87. The average molecular weight is 271 g/mol. The summed E-state index contributed by atoms with van der Waals surface area (Å²) in [4.78, 5) is 20.4. The average Bonchev–Trinajstić information content (AvgIpc) is 2.44. The third kappa shape index (κ3) is 3.32. The Labute approximate surface area is 118 Å². The van der Waals surface area contributed by atoms with Crippen molar-refractivity contribution in [3.05, 3.63) is 53.1 Å². The maximum absolute atomic E-state index is 12.1. The first-order valence-corrected chi connectivity index (χ1v) is 6.30. The van der Waals surface area contributed by atoms with Crippen molar-refractivity contribution in [2.24, 2.45) is 0 Å². The molecule has 20 heavy (non-hydrogen) atoms. The van der Waals surface area contributed by atoms with E-state index in [1.54, 1.807) is 31.6 Å². The summed E-state index contributed by atoms with van der Waals surface area (Å²) in [5.74, 6) is 0.535. The Morgan fingerprint density at radius 2 is 2.00 bits per heavy atom. The zero-order chi connectivity index (χ0) is 14.5. The number of methoxy groups -OCH3 is 1. The van der Waals surface area contributed by atoms with Gasteiger partial charge in [-0.3, -0.25) is 14.8 Å². The summed E-state index contributed by atoms with van der Waals surface area (Å²) in [7, 11) is 1.58. The molecule has 0 radical (unpaired) electrons. The van der Waals surface area contributed by atoms with E-state index in [-0.39, 0.29) is 5.91 Å². The van der Waals surface area contributed by atoms with E-state index in [0.717, 1.165) is 17.0 Å². The zero-order valence-corrected chi connectivity index (χ0v) is 11.8. The minimum atomic E-state index is -0.127. The van der Waals surface area contributed by atoms with Crippen LogP contribution in [0.25, 0.3) is 0 Å².